The van der Waals surface area contributed by atoms with Gasteiger partial charge in [-0.3, -0.25) is 0 Å². The quantitative estimate of drug-likeness (QED) is 0.117. The van der Waals surface area contributed by atoms with Crippen LogP contribution in [0.3, 0.4) is 0 Å². The number of halogens is 2. The van der Waals surface area contributed by atoms with Gasteiger partial charge in [0.2, 0.25) is 0 Å². The average Bonchev–Trinajstić information content (AvgIpc) is 3.03. The first kappa shape index (κ1) is 27.6. The van der Waals surface area contributed by atoms with Gasteiger partial charge in [0.05, 0.1) is 0 Å². The number of rotatable bonds is 7. The molecule has 0 fully saturated rings. The summed E-state index contributed by atoms with van der Waals surface area (Å²) in [5, 5.41) is 4.04. The summed E-state index contributed by atoms with van der Waals surface area (Å²) in [7, 11) is -0.763. The Labute approximate surface area is 260 Å². The Kier molecular flexibility index (Phi) is 8.73. The Morgan fingerprint density at radius 3 is 1.56 bits per heavy atom. The minimum Gasteiger partial charge on any atom is -0.0622 e. The molecule has 0 radical (unpaired) electrons. The molecule has 198 valence electrons. The van der Waals surface area contributed by atoms with Crippen LogP contribution in [0, 0.1) is 0 Å². The third-order valence-corrected chi connectivity index (χ3v) is 10.6. The smallest absolute Gasteiger partial charge is 0.0175 e. The van der Waals surface area contributed by atoms with Gasteiger partial charge in [-0.05, 0) is 87.6 Å². The Balaban J connectivity index is 1.57. The van der Waals surface area contributed by atoms with Crippen LogP contribution in [0.4, 0.5) is 0 Å². The van der Waals surface area contributed by atoms with Crippen LogP contribution in [0.1, 0.15) is 16.7 Å². The first-order valence-corrected chi connectivity index (χ1v) is 16.4. The zero-order chi connectivity index (χ0) is 28.0. The molecule has 0 unspecified atom stereocenters. The second-order valence-corrected chi connectivity index (χ2v) is 13.7. The normalized spacial score (nSPS) is 11.5. The van der Waals surface area contributed by atoms with Gasteiger partial charge in [0.1, 0.15) is 0 Å². The van der Waals surface area contributed by atoms with Gasteiger partial charge in [-0.25, -0.2) is 0 Å². The molecule has 0 amide bonds. The maximum Gasteiger partial charge on any atom is 0.0175 e. The topological polar surface area (TPSA) is 0 Å². The third-order valence-electron chi connectivity index (χ3n) is 7.02. The van der Waals surface area contributed by atoms with Crippen LogP contribution in [0.2, 0.25) is 0 Å². The highest BCUT2D eigenvalue weighted by molar-refractivity contribution is 9.10. The van der Waals surface area contributed by atoms with Crippen molar-refractivity contribution in [1.29, 1.82) is 0 Å². The summed E-state index contributed by atoms with van der Waals surface area (Å²) in [6, 6.07) is 56.7. The summed E-state index contributed by atoms with van der Waals surface area (Å²) in [4.78, 5) is 0. The standard InChI is InChI=1S/C38H27Br2P/c39-30-23-19-28(20-24-30)27-37(29-21-25-31(40)26-22-29)35-16-8-7-15-34(35)36-17-9-10-18-38(36)41(32-11-3-1-4-12-32)33-13-5-2-6-14-33/h1-27H/b37-27+. The Morgan fingerprint density at radius 1 is 0.463 bits per heavy atom. The molecule has 0 aromatic heterocycles. The van der Waals surface area contributed by atoms with Gasteiger partial charge in [-0.2, -0.15) is 0 Å². The number of hydrogen-bond donors (Lipinski definition) is 0. The lowest BCUT2D eigenvalue weighted by atomic mass is 9.89. The lowest BCUT2D eigenvalue weighted by molar-refractivity contribution is 1.52. The third kappa shape index (κ3) is 6.36. The van der Waals surface area contributed by atoms with Gasteiger partial charge < -0.3 is 0 Å². The summed E-state index contributed by atoms with van der Waals surface area (Å²) in [6.07, 6.45) is 2.30. The maximum absolute atomic E-state index is 3.62. The van der Waals surface area contributed by atoms with Gasteiger partial charge in [0, 0.05) is 8.95 Å². The minimum absolute atomic E-state index is 0.763. The van der Waals surface area contributed by atoms with Gasteiger partial charge in [0.25, 0.3) is 0 Å². The van der Waals surface area contributed by atoms with Crippen molar-refractivity contribution in [3.05, 3.63) is 183 Å². The van der Waals surface area contributed by atoms with E-state index in [0.717, 1.165) is 14.5 Å². The van der Waals surface area contributed by atoms with Gasteiger partial charge >= 0.3 is 0 Å². The molecule has 0 aliphatic heterocycles. The zero-order valence-electron chi connectivity index (χ0n) is 22.3. The van der Waals surface area contributed by atoms with Crippen LogP contribution in [-0.4, -0.2) is 0 Å². The summed E-state index contributed by atoms with van der Waals surface area (Å²) in [5.74, 6) is 0. The lowest BCUT2D eigenvalue weighted by Gasteiger charge is -2.24. The molecule has 0 saturated carbocycles. The van der Waals surface area contributed by atoms with E-state index >= 15 is 0 Å². The summed E-state index contributed by atoms with van der Waals surface area (Å²) >= 11 is 7.21. The summed E-state index contributed by atoms with van der Waals surface area (Å²) in [5.41, 5.74) is 7.23. The second kappa shape index (κ2) is 13.0. The molecule has 41 heavy (non-hydrogen) atoms. The van der Waals surface area contributed by atoms with Crippen LogP contribution < -0.4 is 15.9 Å². The molecule has 0 nitrogen and oxygen atoms in total. The Bertz CT molecular complexity index is 1740. The molecule has 3 heteroatoms. The van der Waals surface area contributed by atoms with E-state index in [1.807, 2.05) is 0 Å². The summed E-state index contributed by atoms with van der Waals surface area (Å²) in [6.45, 7) is 0. The molecule has 0 spiro atoms. The molecule has 6 rings (SSSR count). The lowest BCUT2D eigenvalue weighted by Crippen LogP contribution is -2.22. The SMILES string of the molecule is Brc1ccc(/C=C(\c2ccc(Br)cc2)c2ccccc2-c2ccccc2P(c2ccccc2)c2ccccc2)cc1. The van der Waals surface area contributed by atoms with Crippen LogP contribution >= 0.6 is 39.8 Å². The molecular weight excluding hydrogens is 647 g/mol. The largest absolute Gasteiger partial charge is 0.0622 e. The van der Waals surface area contributed by atoms with Crippen molar-refractivity contribution in [2.75, 3.05) is 0 Å². The first-order valence-electron chi connectivity index (χ1n) is 13.5. The minimum atomic E-state index is -0.763. The van der Waals surface area contributed by atoms with Crippen molar-refractivity contribution in [2.24, 2.45) is 0 Å². The van der Waals surface area contributed by atoms with Crippen molar-refractivity contribution in [3.8, 4) is 11.1 Å². The van der Waals surface area contributed by atoms with Crippen molar-refractivity contribution in [2.45, 2.75) is 0 Å². The highest BCUT2D eigenvalue weighted by Crippen LogP contribution is 2.40. The molecule has 0 aliphatic carbocycles. The summed E-state index contributed by atoms with van der Waals surface area (Å²) < 4.78 is 2.14. The van der Waals surface area contributed by atoms with Crippen molar-refractivity contribution in [1.82, 2.24) is 0 Å². The van der Waals surface area contributed by atoms with E-state index in [2.05, 4.69) is 196 Å². The fourth-order valence-electron chi connectivity index (χ4n) is 5.10. The molecule has 6 aromatic carbocycles. The number of benzene rings is 6. The predicted octanol–water partition coefficient (Wildman–Crippen LogP) is 10.2. The fraction of sp³-hybridized carbons (Fsp3) is 0. The van der Waals surface area contributed by atoms with E-state index in [1.54, 1.807) is 0 Å². The highest BCUT2D eigenvalue weighted by atomic mass is 79.9. The van der Waals surface area contributed by atoms with E-state index in [9.17, 15) is 0 Å². The van der Waals surface area contributed by atoms with E-state index in [1.165, 1.54) is 43.7 Å². The Hall–Kier alpha value is -3.55. The van der Waals surface area contributed by atoms with Crippen LogP contribution in [-0.2, 0) is 0 Å². The van der Waals surface area contributed by atoms with Crippen molar-refractivity contribution in [3.63, 3.8) is 0 Å². The van der Waals surface area contributed by atoms with Crippen molar-refractivity contribution >= 4 is 67.3 Å². The Morgan fingerprint density at radius 2 is 0.951 bits per heavy atom. The van der Waals surface area contributed by atoms with E-state index in [4.69, 9.17) is 0 Å². The monoisotopic (exact) mass is 672 g/mol. The number of hydrogen-bond acceptors (Lipinski definition) is 0. The van der Waals surface area contributed by atoms with Crippen LogP contribution in [0.25, 0.3) is 22.8 Å². The maximum atomic E-state index is 3.62. The molecule has 0 atom stereocenters. The van der Waals surface area contributed by atoms with Gasteiger partial charge in [0.15, 0.2) is 0 Å². The average molecular weight is 674 g/mol. The first-order chi connectivity index (χ1) is 20.2. The fourth-order valence-corrected chi connectivity index (χ4v) is 8.10. The molecule has 0 N–H and O–H groups in total. The van der Waals surface area contributed by atoms with Crippen LogP contribution in [0.15, 0.2) is 167 Å². The van der Waals surface area contributed by atoms with E-state index in [0.29, 0.717) is 0 Å². The second-order valence-electron chi connectivity index (χ2n) is 9.69. The molecular formula is C38H27Br2P. The van der Waals surface area contributed by atoms with Gasteiger partial charge in [-0.1, -0.05) is 165 Å². The molecule has 0 bridgehead atoms. The molecule has 0 aliphatic rings. The highest BCUT2D eigenvalue weighted by Gasteiger charge is 2.22. The van der Waals surface area contributed by atoms with Gasteiger partial charge in [-0.15, -0.1) is 0 Å². The van der Waals surface area contributed by atoms with Crippen molar-refractivity contribution < 1.29 is 0 Å². The zero-order valence-corrected chi connectivity index (χ0v) is 26.4. The van der Waals surface area contributed by atoms with Crippen LogP contribution in [0.5, 0.6) is 0 Å². The molecule has 0 heterocycles. The predicted molar refractivity (Wildman–Crippen MR) is 186 cm³/mol. The molecule has 0 saturated heterocycles. The molecule has 6 aromatic rings. The van der Waals surface area contributed by atoms with E-state index in [-0.39, 0.29) is 0 Å². The van der Waals surface area contributed by atoms with E-state index < -0.39 is 7.92 Å².